The highest BCUT2D eigenvalue weighted by molar-refractivity contribution is 5.74. The molecule has 0 spiro atoms. The summed E-state index contributed by atoms with van der Waals surface area (Å²) in [5.41, 5.74) is 5.72. The van der Waals surface area contributed by atoms with Crippen molar-refractivity contribution in [1.82, 2.24) is 19.7 Å². The summed E-state index contributed by atoms with van der Waals surface area (Å²) >= 11 is 0. The SMILES string of the molecule is CC(Oc1ccc(Cn2cc(CCC(=O)O)c(-c3ccccc3)n2)cc1)c1nc2ccccc2[nH]1. The van der Waals surface area contributed by atoms with Gasteiger partial charge in [0.05, 0.1) is 23.3 Å². The van der Waals surface area contributed by atoms with Crippen molar-refractivity contribution >= 4 is 17.0 Å². The van der Waals surface area contributed by atoms with Crippen LogP contribution in [0, 0.1) is 0 Å². The number of carboxylic acids is 1. The Morgan fingerprint density at radius 1 is 1.03 bits per heavy atom. The molecule has 5 aromatic rings. The normalized spacial score (nSPS) is 12.0. The first-order valence-electron chi connectivity index (χ1n) is 11.6. The van der Waals surface area contributed by atoms with E-state index in [1.807, 2.05) is 96.7 Å². The number of carboxylic acid groups (broad SMARTS) is 1. The summed E-state index contributed by atoms with van der Waals surface area (Å²) in [5.74, 6) is 0.729. The van der Waals surface area contributed by atoms with E-state index in [-0.39, 0.29) is 12.5 Å². The molecule has 0 saturated heterocycles. The van der Waals surface area contributed by atoms with Crippen molar-refractivity contribution in [2.75, 3.05) is 0 Å². The maximum atomic E-state index is 11.1. The van der Waals surface area contributed by atoms with Gasteiger partial charge in [-0.15, -0.1) is 0 Å². The molecule has 7 nitrogen and oxygen atoms in total. The van der Waals surface area contributed by atoms with Crippen molar-refractivity contribution in [2.24, 2.45) is 0 Å². The molecule has 1 atom stereocenters. The topological polar surface area (TPSA) is 93.0 Å². The summed E-state index contributed by atoms with van der Waals surface area (Å²) < 4.78 is 7.97. The van der Waals surface area contributed by atoms with Crippen LogP contribution in [0.1, 0.15) is 36.4 Å². The molecular formula is C28H26N4O3. The lowest BCUT2D eigenvalue weighted by atomic mass is 10.0. The number of nitrogens with one attached hydrogen (secondary N) is 1. The molecule has 0 aliphatic heterocycles. The minimum Gasteiger partial charge on any atom is -0.483 e. The summed E-state index contributed by atoms with van der Waals surface area (Å²) in [6, 6.07) is 25.7. The van der Waals surface area contributed by atoms with Crippen molar-refractivity contribution in [3.63, 3.8) is 0 Å². The monoisotopic (exact) mass is 466 g/mol. The number of fused-ring (bicyclic) bond motifs is 1. The van der Waals surface area contributed by atoms with E-state index in [4.69, 9.17) is 14.9 Å². The molecule has 7 heteroatoms. The minimum atomic E-state index is -0.816. The van der Waals surface area contributed by atoms with Crippen LogP contribution in [0.25, 0.3) is 22.3 Å². The smallest absolute Gasteiger partial charge is 0.303 e. The van der Waals surface area contributed by atoms with Gasteiger partial charge >= 0.3 is 5.97 Å². The zero-order chi connectivity index (χ0) is 24.2. The zero-order valence-electron chi connectivity index (χ0n) is 19.4. The second kappa shape index (κ2) is 9.85. The van der Waals surface area contributed by atoms with Gasteiger partial charge in [0.1, 0.15) is 11.6 Å². The molecule has 0 fully saturated rings. The third kappa shape index (κ3) is 5.24. The first-order valence-corrected chi connectivity index (χ1v) is 11.6. The third-order valence-electron chi connectivity index (χ3n) is 5.87. The molecule has 0 bridgehead atoms. The van der Waals surface area contributed by atoms with Gasteiger partial charge in [-0.3, -0.25) is 9.48 Å². The summed E-state index contributed by atoms with van der Waals surface area (Å²) in [5, 5.41) is 13.9. The van der Waals surface area contributed by atoms with Crippen LogP contribution in [0.15, 0.2) is 85.1 Å². The number of hydrogen-bond donors (Lipinski definition) is 2. The van der Waals surface area contributed by atoms with E-state index >= 15 is 0 Å². The first-order chi connectivity index (χ1) is 17.0. The molecule has 0 aliphatic rings. The third-order valence-corrected chi connectivity index (χ3v) is 5.87. The van der Waals surface area contributed by atoms with Gasteiger partial charge in [-0.25, -0.2) is 4.98 Å². The van der Waals surface area contributed by atoms with Crippen LogP contribution in [-0.4, -0.2) is 30.8 Å². The quantitative estimate of drug-likeness (QED) is 0.294. The molecular weight excluding hydrogens is 440 g/mol. The number of rotatable bonds is 9. The number of aromatic amines is 1. The standard InChI is InChI=1S/C28H26N4O3/c1-19(28-29-24-9-5-6-10-25(24)30-28)35-23-14-11-20(12-15-23)17-32-18-22(13-16-26(33)34)27(31-32)21-7-3-2-4-8-21/h2-12,14-15,18-19H,13,16-17H2,1H3,(H,29,30)(H,33,34). The van der Waals surface area contributed by atoms with Crippen LogP contribution < -0.4 is 4.74 Å². The highest BCUT2D eigenvalue weighted by atomic mass is 16.5. The number of aliphatic carboxylic acids is 1. The van der Waals surface area contributed by atoms with E-state index < -0.39 is 5.97 Å². The number of nitrogens with zero attached hydrogens (tertiary/aromatic N) is 3. The molecule has 2 N–H and O–H groups in total. The Morgan fingerprint density at radius 2 is 1.77 bits per heavy atom. The number of ether oxygens (including phenoxy) is 1. The van der Waals surface area contributed by atoms with Crippen LogP contribution in [0.3, 0.4) is 0 Å². The average Bonchev–Trinajstić information content (AvgIpc) is 3.49. The number of para-hydroxylation sites is 2. The Kier molecular flexibility index (Phi) is 6.30. The highest BCUT2D eigenvalue weighted by Crippen LogP contribution is 2.25. The zero-order valence-corrected chi connectivity index (χ0v) is 19.4. The summed E-state index contributed by atoms with van der Waals surface area (Å²) in [6.45, 7) is 2.55. The fraction of sp³-hybridized carbons (Fsp3) is 0.179. The predicted octanol–water partition coefficient (Wildman–Crippen LogP) is 5.63. The van der Waals surface area contributed by atoms with E-state index in [0.29, 0.717) is 13.0 Å². The molecule has 176 valence electrons. The van der Waals surface area contributed by atoms with E-state index in [2.05, 4.69) is 9.97 Å². The number of H-pyrrole nitrogens is 1. The van der Waals surface area contributed by atoms with Gasteiger partial charge in [0, 0.05) is 18.2 Å². The maximum Gasteiger partial charge on any atom is 0.303 e. The Labute approximate surface area is 203 Å². The van der Waals surface area contributed by atoms with Gasteiger partial charge in [-0.2, -0.15) is 5.10 Å². The second-order valence-corrected chi connectivity index (χ2v) is 8.50. The van der Waals surface area contributed by atoms with E-state index in [1.54, 1.807) is 0 Å². The van der Waals surface area contributed by atoms with Crippen molar-refractivity contribution in [3.05, 3.63) is 102 Å². The fourth-order valence-corrected chi connectivity index (χ4v) is 4.09. The molecule has 3 aromatic carbocycles. The fourth-order valence-electron chi connectivity index (χ4n) is 4.09. The Morgan fingerprint density at radius 3 is 2.51 bits per heavy atom. The Balaban J connectivity index is 1.29. The van der Waals surface area contributed by atoms with Crippen LogP contribution in [0.5, 0.6) is 5.75 Å². The molecule has 0 amide bonds. The summed E-state index contributed by atoms with van der Waals surface area (Å²) in [6.07, 6.45) is 2.23. The number of imidazole rings is 1. The molecule has 2 aromatic heterocycles. The first kappa shape index (κ1) is 22.4. The summed E-state index contributed by atoms with van der Waals surface area (Å²) in [7, 11) is 0. The second-order valence-electron chi connectivity index (χ2n) is 8.50. The average molecular weight is 467 g/mol. The van der Waals surface area contributed by atoms with Gasteiger partial charge in [-0.05, 0) is 48.7 Å². The number of hydrogen-bond acceptors (Lipinski definition) is 4. The van der Waals surface area contributed by atoms with Gasteiger partial charge in [0.25, 0.3) is 0 Å². The highest BCUT2D eigenvalue weighted by Gasteiger charge is 2.14. The van der Waals surface area contributed by atoms with Crippen LogP contribution in [0.4, 0.5) is 0 Å². The number of benzene rings is 3. The van der Waals surface area contributed by atoms with Crippen molar-refractivity contribution < 1.29 is 14.6 Å². The van der Waals surface area contributed by atoms with Crippen LogP contribution in [-0.2, 0) is 17.8 Å². The lowest BCUT2D eigenvalue weighted by Crippen LogP contribution is -2.05. The Bertz CT molecular complexity index is 1410. The molecule has 1 unspecified atom stereocenters. The van der Waals surface area contributed by atoms with Crippen molar-refractivity contribution in [3.8, 4) is 17.0 Å². The van der Waals surface area contributed by atoms with Gasteiger partial charge in [0.2, 0.25) is 0 Å². The van der Waals surface area contributed by atoms with Crippen molar-refractivity contribution in [1.29, 1.82) is 0 Å². The molecule has 0 radical (unpaired) electrons. The van der Waals surface area contributed by atoms with Gasteiger partial charge in [-0.1, -0.05) is 54.6 Å². The van der Waals surface area contributed by atoms with Gasteiger partial charge < -0.3 is 14.8 Å². The molecule has 0 saturated carbocycles. The maximum absolute atomic E-state index is 11.1. The minimum absolute atomic E-state index is 0.0704. The van der Waals surface area contributed by atoms with Crippen LogP contribution >= 0.6 is 0 Å². The molecule has 2 heterocycles. The lowest BCUT2D eigenvalue weighted by molar-refractivity contribution is -0.136. The number of aromatic nitrogens is 4. The van der Waals surface area contributed by atoms with Gasteiger partial charge in [0.15, 0.2) is 6.10 Å². The number of aryl methyl sites for hydroxylation is 1. The van der Waals surface area contributed by atoms with Crippen LogP contribution in [0.2, 0.25) is 0 Å². The van der Waals surface area contributed by atoms with E-state index in [0.717, 1.165) is 45.0 Å². The number of carbonyl (C=O) groups is 1. The summed E-state index contributed by atoms with van der Waals surface area (Å²) in [4.78, 5) is 19.0. The molecule has 5 rings (SSSR count). The molecule has 35 heavy (non-hydrogen) atoms. The largest absolute Gasteiger partial charge is 0.483 e. The van der Waals surface area contributed by atoms with E-state index in [1.165, 1.54) is 0 Å². The lowest BCUT2D eigenvalue weighted by Gasteiger charge is -2.13. The molecule has 0 aliphatic carbocycles. The Hall–Kier alpha value is -4.39. The van der Waals surface area contributed by atoms with E-state index in [9.17, 15) is 4.79 Å². The van der Waals surface area contributed by atoms with Crippen molar-refractivity contribution in [2.45, 2.75) is 32.4 Å². The predicted molar refractivity (Wildman–Crippen MR) is 134 cm³/mol.